The smallest absolute Gasteiger partial charge is 0.244 e. The number of amides is 1. The summed E-state index contributed by atoms with van der Waals surface area (Å²) in [5.74, 6) is 0.588. The van der Waals surface area contributed by atoms with E-state index in [1.807, 2.05) is 43.3 Å². The summed E-state index contributed by atoms with van der Waals surface area (Å²) in [5.41, 5.74) is 5.31. The van der Waals surface area contributed by atoms with E-state index in [9.17, 15) is 10.1 Å². The molecule has 0 aliphatic rings. The van der Waals surface area contributed by atoms with Gasteiger partial charge in [-0.15, -0.1) is 0 Å². The highest BCUT2D eigenvalue weighted by atomic mass is 79.9. The quantitative estimate of drug-likeness (QED) is 0.289. The SMILES string of the molecule is CCOc1cc(/C=N\NC(=O)Cc2ccc(Br)cc2)cc(Cl)c1OCc1ccccc1C#N. The fourth-order valence-electron chi connectivity index (χ4n) is 2.98. The molecule has 0 unspecified atom stereocenters. The van der Waals surface area contributed by atoms with Crippen LogP contribution in [-0.4, -0.2) is 18.7 Å². The highest BCUT2D eigenvalue weighted by molar-refractivity contribution is 9.10. The van der Waals surface area contributed by atoms with Crippen molar-refractivity contribution >= 4 is 39.7 Å². The van der Waals surface area contributed by atoms with Gasteiger partial charge < -0.3 is 9.47 Å². The number of ether oxygens (including phenoxy) is 2. The molecular formula is C25H21BrClN3O3. The normalized spacial score (nSPS) is 10.6. The number of hydrogen-bond donors (Lipinski definition) is 1. The van der Waals surface area contributed by atoms with Gasteiger partial charge in [0, 0.05) is 10.0 Å². The van der Waals surface area contributed by atoms with Crippen molar-refractivity contribution in [3.63, 3.8) is 0 Å². The molecule has 0 saturated carbocycles. The topological polar surface area (TPSA) is 83.7 Å². The summed E-state index contributed by atoms with van der Waals surface area (Å²) in [6.45, 7) is 2.43. The molecule has 8 heteroatoms. The second-order valence-electron chi connectivity index (χ2n) is 6.92. The van der Waals surface area contributed by atoms with Gasteiger partial charge in [0.2, 0.25) is 5.91 Å². The van der Waals surface area contributed by atoms with Crippen LogP contribution in [0, 0.1) is 11.3 Å². The van der Waals surface area contributed by atoms with Crippen molar-refractivity contribution in [2.24, 2.45) is 5.10 Å². The van der Waals surface area contributed by atoms with Crippen LogP contribution in [0.15, 0.2) is 70.2 Å². The summed E-state index contributed by atoms with van der Waals surface area (Å²) in [7, 11) is 0. The summed E-state index contributed by atoms with van der Waals surface area (Å²) in [6.07, 6.45) is 1.70. The molecule has 0 aliphatic heterocycles. The zero-order valence-electron chi connectivity index (χ0n) is 17.8. The van der Waals surface area contributed by atoms with Crippen molar-refractivity contribution < 1.29 is 14.3 Å². The molecule has 6 nitrogen and oxygen atoms in total. The van der Waals surface area contributed by atoms with Crippen LogP contribution in [-0.2, 0) is 17.8 Å². The molecule has 0 atom stereocenters. The Hall–Kier alpha value is -3.34. The maximum Gasteiger partial charge on any atom is 0.244 e. The van der Waals surface area contributed by atoms with Crippen molar-refractivity contribution in [1.82, 2.24) is 5.43 Å². The molecular weight excluding hydrogens is 506 g/mol. The fraction of sp³-hybridized carbons (Fsp3) is 0.160. The van der Waals surface area contributed by atoms with E-state index in [4.69, 9.17) is 21.1 Å². The highest BCUT2D eigenvalue weighted by Crippen LogP contribution is 2.37. The first kappa shape index (κ1) is 24.3. The van der Waals surface area contributed by atoms with Crippen molar-refractivity contribution in [2.45, 2.75) is 20.0 Å². The first-order valence-corrected chi connectivity index (χ1v) is 11.3. The van der Waals surface area contributed by atoms with Crippen LogP contribution in [0.3, 0.4) is 0 Å². The molecule has 0 radical (unpaired) electrons. The highest BCUT2D eigenvalue weighted by Gasteiger charge is 2.13. The number of nitrogens with one attached hydrogen (secondary N) is 1. The second kappa shape index (κ2) is 12.0. The minimum absolute atomic E-state index is 0.170. The molecule has 0 heterocycles. The molecule has 1 amide bonds. The number of carbonyl (C=O) groups is 1. The summed E-state index contributed by atoms with van der Waals surface area (Å²) < 4.78 is 12.5. The van der Waals surface area contributed by atoms with Gasteiger partial charge in [-0.3, -0.25) is 4.79 Å². The lowest BCUT2D eigenvalue weighted by molar-refractivity contribution is -0.120. The van der Waals surface area contributed by atoms with E-state index in [0.717, 1.165) is 15.6 Å². The van der Waals surface area contributed by atoms with E-state index in [0.29, 0.717) is 34.3 Å². The number of hydrogen-bond acceptors (Lipinski definition) is 5. The molecule has 0 spiro atoms. The number of nitriles is 1. The van der Waals surface area contributed by atoms with E-state index in [-0.39, 0.29) is 18.9 Å². The minimum atomic E-state index is -0.235. The molecule has 0 saturated heterocycles. The Kier molecular flexibility index (Phi) is 8.87. The lowest BCUT2D eigenvalue weighted by Crippen LogP contribution is -2.19. The van der Waals surface area contributed by atoms with E-state index in [2.05, 4.69) is 32.5 Å². The van der Waals surface area contributed by atoms with Gasteiger partial charge in [-0.1, -0.05) is 57.9 Å². The number of benzene rings is 3. The molecule has 0 bridgehead atoms. The Labute approximate surface area is 205 Å². The van der Waals surface area contributed by atoms with Crippen molar-refractivity contribution in [2.75, 3.05) is 6.61 Å². The van der Waals surface area contributed by atoms with Gasteiger partial charge in [0.05, 0.1) is 35.9 Å². The summed E-state index contributed by atoms with van der Waals surface area (Å²) in [4.78, 5) is 12.1. The monoisotopic (exact) mass is 525 g/mol. The van der Waals surface area contributed by atoms with Crippen molar-refractivity contribution in [3.05, 3.63) is 92.4 Å². The first-order valence-electron chi connectivity index (χ1n) is 10.1. The third-order valence-electron chi connectivity index (χ3n) is 4.52. The summed E-state index contributed by atoms with van der Waals surface area (Å²) in [5, 5.41) is 13.6. The largest absolute Gasteiger partial charge is 0.490 e. The molecule has 3 rings (SSSR count). The number of nitrogens with zero attached hydrogens (tertiary/aromatic N) is 2. The number of halogens is 2. The Morgan fingerprint density at radius 2 is 1.94 bits per heavy atom. The zero-order valence-corrected chi connectivity index (χ0v) is 20.2. The van der Waals surface area contributed by atoms with Crippen molar-refractivity contribution in [3.8, 4) is 17.6 Å². The van der Waals surface area contributed by atoms with Crippen LogP contribution in [0.2, 0.25) is 5.02 Å². The Bertz CT molecular complexity index is 1190. The van der Waals surface area contributed by atoms with E-state index < -0.39 is 0 Å². The average Bonchev–Trinajstić information content (AvgIpc) is 2.80. The lowest BCUT2D eigenvalue weighted by Gasteiger charge is -2.15. The number of rotatable bonds is 9. The van der Waals surface area contributed by atoms with Gasteiger partial charge in [0.1, 0.15) is 6.61 Å². The fourth-order valence-corrected chi connectivity index (χ4v) is 3.51. The van der Waals surface area contributed by atoms with Crippen molar-refractivity contribution in [1.29, 1.82) is 5.26 Å². The molecule has 0 aliphatic carbocycles. The predicted octanol–water partition coefficient (Wildman–Crippen LogP) is 5.64. The van der Waals surface area contributed by atoms with Crippen LogP contribution in [0.5, 0.6) is 11.5 Å². The molecule has 168 valence electrons. The van der Waals surface area contributed by atoms with Crippen LogP contribution in [0.1, 0.15) is 29.2 Å². The average molecular weight is 527 g/mol. The van der Waals surface area contributed by atoms with Gasteiger partial charge >= 0.3 is 0 Å². The van der Waals surface area contributed by atoms with Crippen LogP contribution in [0.4, 0.5) is 0 Å². The van der Waals surface area contributed by atoms with Crippen LogP contribution in [0.25, 0.3) is 0 Å². The second-order valence-corrected chi connectivity index (χ2v) is 8.24. The molecule has 0 fully saturated rings. The first-order chi connectivity index (χ1) is 16.0. The number of carbonyl (C=O) groups excluding carboxylic acids is 1. The van der Waals surface area contributed by atoms with Gasteiger partial charge in [0.25, 0.3) is 0 Å². The third-order valence-corrected chi connectivity index (χ3v) is 5.33. The van der Waals surface area contributed by atoms with E-state index in [1.54, 1.807) is 24.3 Å². The summed E-state index contributed by atoms with van der Waals surface area (Å²) >= 11 is 9.82. The minimum Gasteiger partial charge on any atom is -0.490 e. The molecule has 0 aromatic heterocycles. The van der Waals surface area contributed by atoms with Crippen LogP contribution < -0.4 is 14.9 Å². The molecule has 3 aromatic carbocycles. The standard InChI is InChI=1S/C25H21BrClN3O3/c1-2-32-23-12-18(15-29-30-24(31)13-17-7-9-21(26)10-8-17)11-22(27)25(23)33-16-20-6-4-3-5-19(20)14-28/h3-12,15H,2,13,16H2,1H3,(H,30,31)/b29-15-. The van der Waals surface area contributed by atoms with E-state index >= 15 is 0 Å². The Morgan fingerprint density at radius 3 is 2.67 bits per heavy atom. The maximum atomic E-state index is 12.1. The lowest BCUT2D eigenvalue weighted by atomic mass is 10.1. The van der Waals surface area contributed by atoms with Crippen LogP contribution >= 0.6 is 27.5 Å². The van der Waals surface area contributed by atoms with Gasteiger partial charge in [0.15, 0.2) is 11.5 Å². The predicted molar refractivity (Wildman–Crippen MR) is 132 cm³/mol. The summed E-state index contributed by atoms with van der Waals surface area (Å²) in [6, 6.07) is 20.2. The number of hydrazone groups is 1. The molecule has 3 aromatic rings. The molecule has 33 heavy (non-hydrogen) atoms. The van der Waals surface area contributed by atoms with Gasteiger partial charge in [-0.2, -0.15) is 10.4 Å². The van der Waals surface area contributed by atoms with E-state index in [1.165, 1.54) is 6.21 Å². The maximum absolute atomic E-state index is 12.1. The van der Waals surface area contributed by atoms with Gasteiger partial charge in [-0.25, -0.2) is 5.43 Å². The Morgan fingerprint density at radius 1 is 1.18 bits per heavy atom. The molecule has 1 N–H and O–H groups in total. The van der Waals surface area contributed by atoms with Gasteiger partial charge in [-0.05, 0) is 48.4 Å². The Balaban J connectivity index is 1.68. The third kappa shape index (κ3) is 7.07. The zero-order chi connectivity index (χ0) is 23.6.